The Hall–Kier alpha value is -1.33. The molecule has 5 heteroatoms. The van der Waals surface area contributed by atoms with E-state index in [0.29, 0.717) is 17.1 Å². The molecule has 84 valence electrons. The van der Waals surface area contributed by atoms with E-state index in [1.165, 1.54) is 17.4 Å². The first-order valence-electron chi connectivity index (χ1n) is 5.09. The lowest BCUT2D eigenvalue weighted by molar-refractivity contribution is 0.631. The molecule has 0 amide bonds. The number of rotatable bonds is 4. The molecule has 0 unspecified atom stereocenters. The molecular weight excluding hydrogens is 225 g/mol. The van der Waals surface area contributed by atoms with Crippen LogP contribution in [0, 0.1) is 5.82 Å². The second-order valence-corrected chi connectivity index (χ2v) is 4.32. The third kappa shape index (κ3) is 2.43. The average Bonchev–Trinajstić information content (AvgIpc) is 2.75. The molecule has 0 atom stereocenters. The SMILES string of the molecule is CCNCc1nnc(-c2ccccc2F)s1. The van der Waals surface area contributed by atoms with Gasteiger partial charge in [-0.1, -0.05) is 30.4 Å². The van der Waals surface area contributed by atoms with E-state index < -0.39 is 0 Å². The molecular formula is C11H12FN3S. The number of nitrogens with zero attached hydrogens (tertiary/aromatic N) is 2. The molecule has 0 saturated heterocycles. The van der Waals surface area contributed by atoms with Crippen LogP contribution in [0.4, 0.5) is 4.39 Å². The zero-order chi connectivity index (χ0) is 11.4. The molecule has 1 N–H and O–H groups in total. The number of hydrogen-bond donors (Lipinski definition) is 1. The summed E-state index contributed by atoms with van der Waals surface area (Å²) in [6.07, 6.45) is 0. The van der Waals surface area contributed by atoms with Crippen molar-refractivity contribution >= 4 is 11.3 Å². The molecule has 16 heavy (non-hydrogen) atoms. The maximum absolute atomic E-state index is 13.5. The molecule has 0 saturated carbocycles. The van der Waals surface area contributed by atoms with Crippen molar-refractivity contribution in [3.05, 3.63) is 35.1 Å². The van der Waals surface area contributed by atoms with Crippen LogP contribution in [-0.2, 0) is 6.54 Å². The predicted molar refractivity (Wildman–Crippen MR) is 62.7 cm³/mol. The van der Waals surface area contributed by atoms with Crippen LogP contribution in [-0.4, -0.2) is 16.7 Å². The summed E-state index contributed by atoms with van der Waals surface area (Å²) in [5.74, 6) is -0.256. The molecule has 0 aliphatic rings. The lowest BCUT2D eigenvalue weighted by atomic mass is 10.2. The lowest BCUT2D eigenvalue weighted by Gasteiger charge is -1.96. The van der Waals surface area contributed by atoms with E-state index in [-0.39, 0.29) is 5.82 Å². The van der Waals surface area contributed by atoms with Gasteiger partial charge in [0.15, 0.2) is 5.01 Å². The van der Waals surface area contributed by atoms with Gasteiger partial charge in [0.1, 0.15) is 10.8 Å². The Kier molecular flexibility index (Phi) is 3.58. The first-order chi connectivity index (χ1) is 7.81. The summed E-state index contributed by atoms with van der Waals surface area (Å²) >= 11 is 1.42. The third-order valence-corrected chi connectivity index (χ3v) is 3.05. The molecule has 0 radical (unpaired) electrons. The van der Waals surface area contributed by atoms with Crippen LogP contribution in [0.5, 0.6) is 0 Å². The smallest absolute Gasteiger partial charge is 0.150 e. The van der Waals surface area contributed by atoms with Gasteiger partial charge in [0.05, 0.1) is 0 Å². The molecule has 0 aliphatic carbocycles. The maximum Gasteiger partial charge on any atom is 0.150 e. The zero-order valence-corrected chi connectivity index (χ0v) is 9.72. The second-order valence-electron chi connectivity index (χ2n) is 3.26. The normalized spacial score (nSPS) is 10.6. The number of benzene rings is 1. The Labute approximate surface area is 97.3 Å². The van der Waals surface area contributed by atoms with E-state index in [1.807, 2.05) is 6.92 Å². The summed E-state index contributed by atoms with van der Waals surface area (Å²) in [5, 5.41) is 12.7. The number of hydrogen-bond acceptors (Lipinski definition) is 4. The van der Waals surface area contributed by atoms with Crippen LogP contribution in [0.1, 0.15) is 11.9 Å². The molecule has 1 aromatic carbocycles. The highest BCUT2D eigenvalue weighted by molar-refractivity contribution is 7.14. The van der Waals surface area contributed by atoms with Gasteiger partial charge in [0.2, 0.25) is 0 Å². The van der Waals surface area contributed by atoms with Crippen LogP contribution in [0.3, 0.4) is 0 Å². The summed E-state index contributed by atoms with van der Waals surface area (Å²) in [4.78, 5) is 0. The number of aromatic nitrogens is 2. The molecule has 2 rings (SSSR count). The van der Waals surface area contributed by atoms with Gasteiger partial charge < -0.3 is 5.32 Å². The fraction of sp³-hybridized carbons (Fsp3) is 0.273. The number of nitrogens with one attached hydrogen (secondary N) is 1. The summed E-state index contributed by atoms with van der Waals surface area (Å²) in [6.45, 7) is 3.59. The summed E-state index contributed by atoms with van der Waals surface area (Å²) in [6, 6.07) is 6.61. The van der Waals surface area contributed by atoms with Crippen molar-refractivity contribution in [3.63, 3.8) is 0 Å². The van der Waals surface area contributed by atoms with Crippen molar-refractivity contribution in [1.29, 1.82) is 0 Å². The van der Waals surface area contributed by atoms with Crippen molar-refractivity contribution in [2.45, 2.75) is 13.5 Å². The Morgan fingerprint density at radius 3 is 2.88 bits per heavy atom. The molecule has 0 bridgehead atoms. The fourth-order valence-corrected chi connectivity index (χ4v) is 2.14. The number of halogens is 1. The van der Waals surface area contributed by atoms with Crippen molar-refractivity contribution in [3.8, 4) is 10.6 Å². The van der Waals surface area contributed by atoms with E-state index in [4.69, 9.17) is 0 Å². The van der Waals surface area contributed by atoms with Gasteiger partial charge in [-0.25, -0.2) is 4.39 Å². The minimum Gasteiger partial charge on any atom is -0.311 e. The van der Waals surface area contributed by atoms with Crippen LogP contribution < -0.4 is 5.32 Å². The van der Waals surface area contributed by atoms with Gasteiger partial charge in [-0.2, -0.15) is 0 Å². The van der Waals surface area contributed by atoms with Gasteiger partial charge >= 0.3 is 0 Å². The van der Waals surface area contributed by atoms with Crippen LogP contribution in [0.25, 0.3) is 10.6 Å². The Morgan fingerprint density at radius 1 is 1.31 bits per heavy atom. The molecule has 3 nitrogen and oxygen atoms in total. The summed E-state index contributed by atoms with van der Waals surface area (Å²) in [7, 11) is 0. The molecule has 1 aromatic heterocycles. The standard InChI is InChI=1S/C11H12FN3S/c1-2-13-7-10-14-15-11(16-10)8-5-3-4-6-9(8)12/h3-6,13H,2,7H2,1H3. The van der Waals surface area contributed by atoms with Gasteiger partial charge in [0, 0.05) is 12.1 Å². The van der Waals surface area contributed by atoms with Crippen molar-refractivity contribution in [1.82, 2.24) is 15.5 Å². The largest absolute Gasteiger partial charge is 0.311 e. The average molecular weight is 237 g/mol. The van der Waals surface area contributed by atoms with Crippen LogP contribution in [0.2, 0.25) is 0 Å². The highest BCUT2D eigenvalue weighted by Crippen LogP contribution is 2.25. The molecule has 0 fully saturated rings. The first kappa shape index (κ1) is 11.2. The Balaban J connectivity index is 2.22. The molecule has 2 aromatic rings. The quantitative estimate of drug-likeness (QED) is 0.887. The molecule has 0 spiro atoms. The lowest BCUT2D eigenvalue weighted by Crippen LogP contribution is -2.11. The predicted octanol–water partition coefficient (Wildman–Crippen LogP) is 2.45. The minimum atomic E-state index is -0.256. The first-order valence-corrected chi connectivity index (χ1v) is 5.91. The Bertz CT molecular complexity index is 470. The van der Waals surface area contributed by atoms with Crippen LogP contribution in [0.15, 0.2) is 24.3 Å². The van der Waals surface area contributed by atoms with Crippen LogP contribution >= 0.6 is 11.3 Å². The van der Waals surface area contributed by atoms with Crippen molar-refractivity contribution in [2.75, 3.05) is 6.54 Å². The zero-order valence-electron chi connectivity index (χ0n) is 8.90. The summed E-state index contributed by atoms with van der Waals surface area (Å²) < 4.78 is 13.5. The van der Waals surface area contributed by atoms with Gasteiger partial charge in [-0.05, 0) is 18.7 Å². The van der Waals surface area contributed by atoms with Gasteiger partial charge in [-0.3, -0.25) is 0 Å². The topological polar surface area (TPSA) is 37.8 Å². The second kappa shape index (κ2) is 5.14. The third-order valence-electron chi connectivity index (χ3n) is 2.10. The van der Waals surface area contributed by atoms with Crippen molar-refractivity contribution in [2.24, 2.45) is 0 Å². The van der Waals surface area contributed by atoms with E-state index in [2.05, 4.69) is 15.5 Å². The fourth-order valence-electron chi connectivity index (χ4n) is 1.30. The van der Waals surface area contributed by atoms with E-state index in [1.54, 1.807) is 18.2 Å². The Morgan fingerprint density at radius 2 is 2.12 bits per heavy atom. The van der Waals surface area contributed by atoms with Crippen molar-refractivity contribution < 1.29 is 4.39 Å². The maximum atomic E-state index is 13.5. The highest BCUT2D eigenvalue weighted by atomic mass is 32.1. The minimum absolute atomic E-state index is 0.256. The monoisotopic (exact) mass is 237 g/mol. The van der Waals surface area contributed by atoms with Gasteiger partial charge in [-0.15, -0.1) is 10.2 Å². The molecule has 0 aliphatic heterocycles. The van der Waals surface area contributed by atoms with Gasteiger partial charge in [0.25, 0.3) is 0 Å². The van der Waals surface area contributed by atoms with E-state index in [9.17, 15) is 4.39 Å². The van der Waals surface area contributed by atoms with E-state index in [0.717, 1.165) is 11.6 Å². The molecule has 1 heterocycles. The highest BCUT2D eigenvalue weighted by Gasteiger charge is 2.09. The summed E-state index contributed by atoms with van der Waals surface area (Å²) in [5.41, 5.74) is 0.516. The van der Waals surface area contributed by atoms with E-state index >= 15 is 0 Å².